The third kappa shape index (κ3) is 2.92. The first-order chi connectivity index (χ1) is 11.8. The van der Waals surface area contributed by atoms with E-state index in [4.69, 9.17) is 9.73 Å². The molecule has 0 spiro atoms. The maximum Gasteiger partial charge on any atom is 0.129 e. The second kappa shape index (κ2) is 6.71. The van der Waals surface area contributed by atoms with Crippen LogP contribution in [0.25, 0.3) is 0 Å². The van der Waals surface area contributed by atoms with Gasteiger partial charge in [-0.1, -0.05) is 24.3 Å². The van der Waals surface area contributed by atoms with Gasteiger partial charge in [0.05, 0.1) is 25.0 Å². The fraction of sp³-hybridized carbons (Fsp3) is 0.368. The molecule has 0 amide bonds. The molecule has 1 saturated heterocycles. The summed E-state index contributed by atoms with van der Waals surface area (Å²) < 4.78 is 5.64. The minimum absolute atomic E-state index is 0.0380. The summed E-state index contributed by atoms with van der Waals surface area (Å²) >= 11 is 0. The number of nitrogens with zero attached hydrogens (tertiary/aromatic N) is 3. The highest BCUT2D eigenvalue weighted by Gasteiger charge is 2.21. The summed E-state index contributed by atoms with van der Waals surface area (Å²) in [6.45, 7) is 3.01. The normalized spacial score (nSPS) is 20.5. The number of hydrogen-bond acceptors (Lipinski definition) is 5. The summed E-state index contributed by atoms with van der Waals surface area (Å²) in [5, 5.41) is 9.43. The first-order valence-corrected chi connectivity index (χ1v) is 8.42. The van der Waals surface area contributed by atoms with E-state index in [-0.39, 0.29) is 12.7 Å². The Balaban J connectivity index is 1.63. The average molecular weight is 323 g/mol. The number of anilines is 1. The van der Waals surface area contributed by atoms with Gasteiger partial charge in [-0.05, 0) is 24.1 Å². The van der Waals surface area contributed by atoms with Crippen molar-refractivity contribution in [1.29, 1.82) is 0 Å². The van der Waals surface area contributed by atoms with Crippen LogP contribution in [0.2, 0.25) is 0 Å². The lowest BCUT2D eigenvalue weighted by Crippen LogP contribution is -2.34. The van der Waals surface area contributed by atoms with Gasteiger partial charge in [0, 0.05) is 37.0 Å². The molecule has 1 unspecified atom stereocenters. The lowest BCUT2D eigenvalue weighted by molar-refractivity contribution is 0.0266. The summed E-state index contributed by atoms with van der Waals surface area (Å²) in [4.78, 5) is 11.4. The highest BCUT2D eigenvalue weighted by molar-refractivity contribution is 6.15. The molecular formula is C19H21N3O2. The van der Waals surface area contributed by atoms with Crippen molar-refractivity contribution >= 4 is 11.5 Å². The van der Waals surface area contributed by atoms with E-state index in [1.807, 2.05) is 12.3 Å². The van der Waals surface area contributed by atoms with Crippen molar-refractivity contribution < 1.29 is 9.84 Å². The average Bonchev–Trinajstić information content (AvgIpc) is 2.91. The van der Waals surface area contributed by atoms with Crippen molar-refractivity contribution in [2.24, 2.45) is 4.99 Å². The van der Waals surface area contributed by atoms with Crippen molar-refractivity contribution in [3.63, 3.8) is 0 Å². The molecule has 0 radical (unpaired) electrons. The smallest absolute Gasteiger partial charge is 0.129 e. The number of aliphatic hydroxyl groups is 1. The van der Waals surface area contributed by atoms with Gasteiger partial charge in [0.2, 0.25) is 0 Å². The lowest BCUT2D eigenvalue weighted by atomic mass is 10.0. The Labute approximate surface area is 141 Å². The Kier molecular flexibility index (Phi) is 4.28. The summed E-state index contributed by atoms with van der Waals surface area (Å²) in [7, 11) is 0. The molecule has 1 aromatic heterocycles. The minimum atomic E-state index is -0.150. The van der Waals surface area contributed by atoms with E-state index in [0.29, 0.717) is 13.2 Å². The molecule has 0 aliphatic carbocycles. The first-order valence-electron chi connectivity index (χ1n) is 8.42. The number of rotatable bonds is 3. The van der Waals surface area contributed by atoms with Gasteiger partial charge < -0.3 is 14.7 Å². The Morgan fingerprint density at radius 1 is 1.25 bits per heavy atom. The SMILES string of the molecule is OCC1CN(c2cc(C3=NCc4ccccc43)ccn2)CCCO1. The number of fused-ring (bicyclic) bond motifs is 1. The second-order valence-corrected chi connectivity index (χ2v) is 6.20. The fourth-order valence-electron chi connectivity index (χ4n) is 3.34. The molecule has 1 fully saturated rings. The van der Waals surface area contributed by atoms with Crippen molar-refractivity contribution in [3.05, 3.63) is 59.3 Å². The Hall–Kier alpha value is -2.24. The van der Waals surface area contributed by atoms with Gasteiger partial charge in [-0.2, -0.15) is 0 Å². The lowest BCUT2D eigenvalue weighted by Gasteiger charge is -2.24. The van der Waals surface area contributed by atoms with Crippen molar-refractivity contribution in [1.82, 2.24) is 4.98 Å². The van der Waals surface area contributed by atoms with Crippen LogP contribution in [0.5, 0.6) is 0 Å². The van der Waals surface area contributed by atoms with Crippen LogP contribution in [-0.2, 0) is 11.3 Å². The summed E-state index contributed by atoms with van der Waals surface area (Å²) in [5.74, 6) is 0.920. The molecule has 2 aliphatic rings. The van der Waals surface area contributed by atoms with Gasteiger partial charge in [0.15, 0.2) is 0 Å². The van der Waals surface area contributed by atoms with E-state index in [1.165, 1.54) is 11.1 Å². The van der Waals surface area contributed by atoms with E-state index < -0.39 is 0 Å². The van der Waals surface area contributed by atoms with Crippen molar-refractivity contribution in [3.8, 4) is 0 Å². The first kappa shape index (κ1) is 15.3. The predicted octanol–water partition coefficient (Wildman–Crippen LogP) is 2.02. The molecule has 0 saturated carbocycles. The Bertz CT molecular complexity index is 760. The van der Waals surface area contributed by atoms with E-state index in [1.54, 1.807) is 0 Å². The van der Waals surface area contributed by atoms with Crippen molar-refractivity contribution in [2.75, 3.05) is 31.2 Å². The molecule has 0 bridgehead atoms. The maximum atomic E-state index is 9.43. The zero-order valence-electron chi connectivity index (χ0n) is 13.6. The zero-order valence-corrected chi connectivity index (χ0v) is 13.6. The van der Waals surface area contributed by atoms with Gasteiger partial charge in [0.1, 0.15) is 5.82 Å². The number of aromatic nitrogens is 1. The Morgan fingerprint density at radius 2 is 2.17 bits per heavy atom. The maximum absolute atomic E-state index is 9.43. The molecule has 1 N–H and O–H groups in total. The van der Waals surface area contributed by atoms with E-state index in [2.05, 4.69) is 40.2 Å². The van der Waals surface area contributed by atoms with Crippen LogP contribution in [0.4, 0.5) is 5.82 Å². The van der Waals surface area contributed by atoms with Crippen LogP contribution in [0, 0.1) is 0 Å². The topological polar surface area (TPSA) is 58.0 Å². The molecule has 5 heteroatoms. The molecule has 5 nitrogen and oxygen atoms in total. The molecule has 1 aromatic carbocycles. The van der Waals surface area contributed by atoms with Crippen LogP contribution in [0.3, 0.4) is 0 Å². The number of benzene rings is 1. The molecule has 124 valence electrons. The standard InChI is InChI=1S/C19H21N3O2/c23-13-16-12-22(8-3-9-24-16)18-10-14(6-7-20-18)19-17-5-2-1-4-15(17)11-21-19/h1-2,4-7,10,16,23H,3,8-9,11-13H2. The van der Waals surface area contributed by atoms with Gasteiger partial charge in [0.25, 0.3) is 0 Å². The van der Waals surface area contributed by atoms with Crippen LogP contribution in [-0.4, -0.2) is 48.2 Å². The van der Waals surface area contributed by atoms with Gasteiger partial charge >= 0.3 is 0 Å². The zero-order chi connectivity index (χ0) is 16.4. The largest absolute Gasteiger partial charge is 0.394 e. The molecular weight excluding hydrogens is 302 g/mol. The fourth-order valence-corrected chi connectivity index (χ4v) is 3.34. The summed E-state index contributed by atoms with van der Waals surface area (Å²) in [6, 6.07) is 12.5. The third-order valence-electron chi connectivity index (χ3n) is 4.58. The second-order valence-electron chi connectivity index (χ2n) is 6.20. The van der Waals surface area contributed by atoms with E-state index >= 15 is 0 Å². The van der Waals surface area contributed by atoms with Crippen LogP contribution in [0.15, 0.2) is 47.6 Å². The number of ether oxygens (including phenoxy) is 1. The highest BCUT2D eigenvalue weighted by atomic mass is 16.5. The van der Waals surface area contributed by atoms with Crippen LogP contribution >= 0.6 is 0 Å². The van der Waals surface area contributed by atoms with Gasteiger partial charge in [-0.3, -0.25) is 4.99 Å². The minimum Gasteiger partial charge on any atom is -0.394 e. The molecule has 2 aromatic rings. The predicted molar refractivity (Wildman–Crippen MR) is 93.7 cm³/mol. The van der Waals surface area contributed by atoms with Crippen LogP contribution < -0.4 is 4.90 Å². The Morgan fingerprint density at radius 3 is 3.08 bits per heavy atom. The molecule has 3 heterocycles. The van der Waals surface area contributed by atoms with E-state index in [9.17, 15) is 5.11 Å². The number of pyridine rings is 1. The molecule has 2 aliphatic heterocycles. The summed E-state index contributed by atoms with van der Waals surface area (Å²) in [5.41, 5.74) is 4.62. The van der Waals surface area contributed by atoms with E-state index in [0.717, 1.165) is 36.6 Å². The number of hydrogen-bond donors (Lipinski definition) is 1. The van der Waals surface area contributed by atoms with Gasteiger partial charge in [-0.25, -0.2) is 4.98 Å². The molecule has 4 rings (SSSR count). The number of aliphatic hydroxyl groups excluding tert-OH is 1. The van der Waals surface area contributed by atoms with Gasteiger partial charge in [-0.15, -0.1) is 0 Å². The highest BCUT2D eigenvalue weighted by Crippen LogP contribution is 2.25. The number of aliphatic imine (C=N–C) groups is 1. The quantitative estimate of drug-likeness (QED) is 0.939. The molecule has 1 atom stereocenters. The monoisotopic (exact) mass is 323 g/mol. The summed E-state index contributed by atoms with van der Waals surface area (Å²) in [6.07, 6.45) is 2.63. The van der Waals surface area contributed by atoms with Crippen molar-refractivity contribution in [2.45, 2.75) is 19.1 Å². The third-order valence-corrected chi connectivity index (χ3v) is 4.58. The van der Waals surface area contributed by atoms with Crippen LogP contribution in [0.1, 0.15) is 23.1 Å². The molecule has 24 heavy (non-hydrogen) atoms.